The Morgan fingerprint density at radius 3 is 2.25 bits per heavy atom. The van der Waals surface area contributed by atoms with Crippen molar-refractivity contribution >= 4 is 5.78 Å². The van der Waals surface area contributed by atoms with Gasteiger partial charge in [0.1, 0.15) is 5.78 Å². The molecule has 0 unspecified atom stereocenters. The Kier molecular flexibility index (Phi) is 5.14. The molecule has 0 aromatic carbocycles. The number of Topliss-reactive ketones (excluding diaryl/α,β-unsaturated/α-hetero) is 1. The summed E-state index contributed by atoms with van der Waals surface area (Å²) < 4.78 is 1.07. The summed E-state index contributed by atoms with van der Waals surface area (Å²) in [6, 6.07) is 0. The third-order valence-electron chi connectivity index (χ3n) is 2.40. The number of hydrogen-bond donors (Lipinski definition) is 0. The molecule has 0 atom stereocenters. The van der Waals surface area contributed by atoms with E-state index in [-0.39, 0.29) is 0 Å². The van der Waals surface area contributed by atoms with Gasteiger partial charge in [-0.1, -0.05) is 0 Å². The highest BCUT2D eigenvalue weighted by molar-refractivity contribution is 5.75. The van der Waals surface area contributed by atoms with Gasteiger partial charge in [-0.2, -0.15) is 0 Å². The summed E-state index contributed by atoms with van der Waals surface area (Å²) in [5.41, 5.74) is 0. The SMILES string of the molecule is CC[N+](C)(C)CCCCC(C)=O. The van der Waals surface area contributed by atoms with Crippen LogP contribution in [0.3, 0.4) is 0 Å². The van der Waals surface area contributed by atoms with Crippen molar-refractivity contribution in [2.45, 2.75) is 33.1 Å². The molecule has 0 saturated carbocycles. The predicted molar refractivity (Wildman–Crippen MR) is 52.0 cm³/mol. The summed E-state index contributed by atoms with van der Waals surface area (Å²) in [6.07, 6.45) is 2.97. The second-order valence-electron chi connectivity index (χ2n) is 4.13. The fourth-order valence-corrected chi connectivity index (χ4v) is 1.07. The molecule has 0 aliphatic rings. The van der Waals surface area contributed by atoms with Crippen molar-refractivity contribution in [2.24, 2.45) is 0 Å². The molecular formula is C10H22NO+. The first kappa shape index (κ1) is 11.6. The molecule has 0 aromatic rings. The zero-order valence-corrected chi connectivity index (χ0v) is 8.89. The second kappa shape index (κ2) is 5.31. The van der Waals surface area contributed by atoms with E-state index in [4.69, 9.17) is 0 Å². The standard InChI is InChI=1S/C10H22NO/c1-5-11(3,4)9-7-6-8-10(2)12/h5-9H2,1-4H3/q+1. The summed E-state index contributed by atoms with van der Waals surface area (Å²) in [4.78, 5) is 10.6. The maximum atomic E-state index is 10.6. The molecule has 0 aliphatic carbocycles. The molecule has 0 N–H and O–H groups in total. The van der Waals surface area contributed by atoms with Crippen LogP contribution in [-0.4, -0.2) is 37.5 Å². The lowest BCUT2D eigenvalue weighted by molar-refractivity contribution is -0.888. The minimum Gasteiger partial charge on any atom is -0.329 e. The Morgan fingerprint density at radius 1 is 1.25 bits per heavy atom. The monoisotopic (exact) mass is 172 g/mol. The quantitative estimate of drug-likeness (QED) is 0.441. The molecule has 0 aromatic heterocycles. The van der Waals surface area contributed by atoms with Crippen LogP contribution in [-0.2, 0) is 4.79 Å². The number of quaternary nitrogens is 1. The number of rotatable bonds is 6. The summed E-state index contributed by atoms with van der Waals surface area (Å²) in [6.45, 7) is 6.22. The lowest BCUT2D eigenvalue weighted by atomic mass is 10.2. The normalized spacial score (nSPS) is 11.7. The van der Waals surface area contributed by atoms with Gasteiger partial charge in [0.05, 0.1) is 27.2 Å². The molecule has 2 heteroatoms. The van der Waals surface area contributed by atoms with Gasteiger partial charge in [0.25, 0.3) is 0 Å². The fraction of sp³-hybridized carbons (Fsp3) is 0.900. The van der Waals surface area contributed by atoms with Gasteiger partial charge in [0.15, 0.2) is 0 Å². The third-order valence-corrected chi connectivity index (χ3v) is 2.40. The molecule has 0 radical (unpaired) electrons. The highest BCUT2D eigenvalue weighted by Crippen LogP contribution is 2.03. The van der Waals surface area contributed by atoms with Gasteiger partial charge in [0.2, 0.25) is 0 Å². The zero-order valence-electron chi connectivity index (χ0n) is 8.89. The van der Waals surface area contributed by atoms with Crippen LogP contribution < -0.4 is 0 Å². The van der Waals surface area contributed by atoms with E-state index < -0.39 is 0 Å². The van der Waals surface area contributed by atoms with Crippen molar-refractivity contribution in [1.29, 1.82) is 0 Å². The third kappa shape index (κ3) is 6.35. The summed E-state index contributed by atoms with van der Waals surface area (Å²) in [5, 5.41) is 0. The number of nitrogens with zero attached hydrogens (tertiary/aromatic N) is 1. The van der Waals surface area contributed by atoms with E-state index in [0.717, 1.165) is 17.3 Å². The van der Waals surface area contributed by atoms with Crippen LogP contribution in [0.2, 0.25) is 0 Å². The van der Waals surface area contributed by atoms with Crippen LogP contribution >= 0.6 is 0 Å². The van der Waals surface area contributed by atoms with E-state index in [1.807, 2.05) is 0 Å². The largest absolute Gasteiger partial charge is 0.329 e. The molecule has 0 amide bonds. The van der Waals surface area contributed by atoms with E-state index in [2.05, 4.69) is 21.0 Å². The van der Waals surface area contributed by atoms with Crippen molar-refractivity contribution in [3.8, 4) is 0 Å². The van der Waals surface area contributed by atoms with Crippen LogP contribution in [0.25, 0.3) is 0 Å². The highest BCUT2D eigenvalue weighted by atomic mass is 16.1. The van der Waals surface area contributed by atoms with Crippen LogP contribution in [0.4, 0.5) is 0 Å². The van der Waals surface area contributed by atoms with Crippen molar-refractivity contribution in [1.82, 2.24) is 0 Å². The van der Waals surface area contributed by atoms with E-state index in [1.165, 1.54) is 19.5 Å². The van der Waals surface area contributed by atoms with Gasteiger partial charge in [-0.15, -0.1) is 0 Å². The van der Waals surface area contributed by atoms with Gasteiger partial charge in [0, 0.05) is 6.42 Å². The Morgan fingerprint density at radius 2 is 1.83 bits per heavy atom. The maximum absolute atomic E-state index is 10.6. The van der Waals surface area contributed by atoms with Crippen LogP contribution in [0.1, 0.15) is 33.1 Å². The molecule has 12 heavy (non-hydrogen) atoms. The summed E-state index contributed by atoms with van der Waals surface area (Å²) in [7, 11) is 4.46. The molecule has 0 heterocycles. The van der Waals surface area contributed by atoms with Crippen LogP contribution in [0, 0.1) is 0 Å². The van der Waals surface area contributed by atoms with Crippen molar-refractivity contribution in [3.63, 3.8) is 0 Å². The Labute approximate surface area is 76.2 Å². The van der Waals surface area contributed by atoms with Crippen molar-refractivity contribution in [3.05, 3.63) is 0 Å². The van der Waals surface area contributed by atoms with Gasteiger partial charge in [-0.05, 0) is 26.7 Å². The molecule has 2 nitrogen and oxygen atoms in total. The molecule has 0 rings (SSSR count). The Balaban J connectivity index is 3.37. The minimum absolute atomic E-state index is 0.316. The zero-order chi connectivity index (χ0) is 9.61. The first-order valence-electron chi connectivity index (χ1n) is 4.79. The van der Waals surface area contributed by atoms with E-state index in [0.29, 0.717) is 5.78 Å². The van der Waals surface area contributed by atoms with Crippen molar-refractivity contribution in [2.75, 3.05) is 27.2 Å². The number of ketones is 1. The molecular weight excluding hydrogens is 150 g/mol. The molecule has 0 spiro atoms. The topological polar surface area (TPSA) is 17.1 Å². The predicted octanol–water partition coefficient (Wildman–Crippen LogP) is 1.84. The number of hydrogen-bond acceptors (Lipinski definition) is 1. The number of carbonyl (C=O) groups is 1. The van der Waals surface area contributed by atoms with E-state index >= 15 is 0 Å². The van der Waals surface area contributed by atoms with E-state index in [1.54, 1.807) is 6.92 Å². The first-order chi connectivity index (χ1) is 5.48. The molecule has 0 saturated heterocycles. The van der Waals surface area contributed by atoms with Crippen LogP contribution in [0.5, 0.6) is 0 Å². The number of carbonyl (C=O) groups excluding carboxylic acids is 1. The number of unbranched alkanes of at least 4 members (excludes halogenated alkanes) is 1. The first-order valence-corrected chi connectivity index (χ1v) is 4.79. The van der Waals surface area contributed by atoms with Crippen molar-refractivity contribution < 1.29 is 9.28 Å². The lowest BCUT2D eigenvalue weighted by Crippen LogP contribution is -2.39. The van der Waals surface area contributed by atoms with Gasteiger partial charge >= 0.3 is 0 Å². The average Bonchev–Trinajstić information content (AvgIpc) is 1.98. The van der Waals surface area contributed by atoms with Crippen LogP contribution in [0.15, 0.2) is 0 Å². The Hall–Kier alpha value is -0.370. The second-order valence-corrected chi connectivity index (χ2v) is 4.13. The molecule has 0 aliphatic heterocycles. The van der Waals surface area contributed by atoms with Gasteiger partial charge in [-0.3, -0.25) is 0 Å². The van der Waals surface area contributed by atoms with Gasteiger partial charge in [-0.25, -0.2) is 0 Å². The smallest absolute Gasteiger partial charge is 0.129 e. The highest BCUT2D eigenvalue weighted by Gasteiger charge is 2.10. The average molecular weight is 172 g/mol. The minimum atomic E-state index is 0.316. The lowest BCUT2D eigenvalue weighted by Gasteiger charge is -2.27. The molecule has 0 bridgehead atoms. The fourth-order valence-electron chi connectivity index (χ4n) is 1.07. The van der Waals surface area contributed by atoms with E-state index in [9.17, 15) is 4.79 Å². The summed E-state index contributed by atoms with van der Waals surface area (Å²) in [5.74, 6) is 0.316. The maximum Gasteiger partial charge on any atom is 0.129 e. The van der Waals surface area contributed by atoms with Gasteiger partial charge < -0.3 is 9.28 Å². The molecule has 72 valence electrons. The summed E-state index contributed by atoms with van der Waals surface area (Å²) >= 11 is 0. The Bertz CT molecular complexity index is 141. The molecule has 0 fully saturated rings.